The molecule has 2 amide bonds. The molecule has 1 fully saturated rings. The summed E-state index contributed by atoms with van der Waals surface area (Å²) in [5.41, 5.74) is 6.65. The molecule has 1 aliphatic rings. The largest absolute Gasteiger partial charge is 0.341 e. The van der Waals surface area contributed by atoms with Gasteiger partial charge in [0.2, 0.25) is 5.91 Å². The second-order valence-corrected chi connectivity index (χ2v) is 5.34. The molecule has 114 valence electrons. The van der Waals surface area contributed by atoms with E-state index in [2.05, 4.69) is 10.3 Å². The zero-order valence-corrected chi connectivity index (χ0v) is 12.3. The molecule has 0 aromatic carbocycles. The Morgan fingerprint density at radius 2 is 2.05 bits per heavy atom. The Hall–Kier alpha value is -1.95. The third-order valence-corrected chi connectivity index (χ3v) is 3.68. The molecule has 3 N–H and O–H groups in total. The highest BCUT2D eigenvalue weighted by Gasteiger charge is 2.23. The predicted molar refractivity (Wildman–Crippen MR) is 79.5 cm³/mol. The van der Waals surface area contributed by atoms with E-state index >= 15 is 0 Å². The standard InChI is InChI=1S/C15H22N4O2/c1-11(15(21)19-7-3-2-4-8-19)18-14(20)13-6-5-12(9-16)10-17-13/h5-6,10-11H,2-4,7-9,16H2,1H3,(H,18,20). The van der Waals surface area contributed by atoms with Gasteiger partial charge in [0.15, 0.2) is 0 Å². The van der Waals surface area contributed by atoms with Crippen LogP contribution in [0.15, 0.2) is 18.3 Å². The second-order valence-electron chi connectivity index (χ2n) is 5.34. The fourth-order valence-corrected chi connectivity index (χ4v) is 2.40. The molecule has 21 heavy (non-hydrogen) atoms. The minimum Gasteiger partial charge on any atom is -0.341 e. The number of aromatic nitrogens is 1. The lowest BCUT2D eigenvalue weighted by Gasteiger charge is -2.29. The van der Waals surface area contributed by atoms with Crippen molar-refractivity contribution in [3.63, 3.8) is 0 Å². The number of carbonyl (C=O) groups excluding carboxylic acids is 2. The third-order valence-electron chi connectivity index (χ3n) is 3.68. The quantitative estimate of drug-likeness (QED) is 0.853. The molecule has 0 aliphatic carbocycles. The second kappa shape index (κ2) is 7.17. The molecule has 1 aromatic heterocycles. The Balaban J connectivity index is 1.92. The molecule has 6 heteroatoms. The van der Waals surface area contributed by atoms with E-state index in [9.17, 15) is 9.59 Å². The number of piperidine rings is 1. The summed E-state index contributed by atoms with van der Waals surface area (Å²) in [7, 11) is 0. The lowest BCUT2D eigenvalue weighted by Crippen LogP contribution is -2.48. The zero-order valence-electron chi connectivity index (χ0n) is 12.3. The van der Waals surface area contributed by atoms with E-state index < -0.39 is 6.04 Å². The van der Waals surface area contributed by atoms with Crippen molar-refractivity contribution < 1.29 is 9.59 Å². The average Bonchev–Trinajstić information content (AvgIpc) is 2.55. The number of carbonyl (C=O) groups is 2. The van der Waals surface area contributed by atoms with Crippen LogP contribution in [0.1, 0.15) is 42.2 Å². The number of pyridine rings is 1. The molecule has 1 saturated heterocycles. The van der Waals surface area contributed by atoms with Gasteiger partial charge in [-0.15, -0.1) is 0 Å². The number of nitrogens with two attached hydrogens (primary N) is 1. The van der Waals surface area contributed by atoms with Gasteiger partial charge in [-0.05, 0) is 37.8 Å². The van der Waals surface area contributed by atoms with Gasteiger partial charge >= 0.3 is 0 Å². The van der Waals surface area contributed by atoms with Crippen LogP contribution in [-0.4, -0.2) is 40.8 Å². The summed E-state index contributed by atoms with van der Waals surface area (Å²) in [6.45, 7) is 3.66. The van der Waals surface area contributed by atoms with Crippen LogP contribution in [0, 0.1) is 0 Å². The van der Waals surface area contributed by atoms with Gasteiger partial charge in [0.1, 0.15) is 11.7 Å². The van der Waals surface area contributed by atoms with Crippen LogP contribution < -0.4 is 11.1 Å². The van der Waals surface area contributed by atoms with Crippen molar-refractivity contribution in [3.8, 4) is 0 Å². The molecule has 1 atom stereocenters. The van der Waals surface area contributed by atoms with Crippen molar-refractivity contribution in [1.29, 1.82) is 0 Å². The Bertz CT molecular complexity index is 495. The highest BCUT2D eigenvalue weighted by molar-refractivity contribution is 5.95. The van der Waals surface area contributed by atoms with Gasteiger partial charge in [0, 0.05) is 25.8 Å². The monoisotopic (exact) mass is 290 g/mol. The van der Waals surface area contributed by atoms with Crippen molar-refractivity contribution in [2.75, 3.05) is 13.1 Å². The van der Waals surface area contributed by atoms with Crippen molar-refractivity contribution in [3.05, 3.63) is 29.6 Å². The highest BCUT2D eigenvalue weighted by atomic mass is 16.2. The van der Waals surface area contributed by atoms with Gasteiger partial charge in [0.05, 0.1) is 0 Å². The fourth-order valence-electron chi connectivity index (χ4n) is 2.40. The van der Waals surface area contributed by atoms with Crippen LogP contribution in [0.3, 0.4) is 0 Å². The first-order chi connectivity index (χ1) is 10.1. The van der Waals surface area contributed by atoms with E-state index in [0.29, 0.717) is 12.2 Å². The average molecular weight is 290 g/mol. The summed E-state index contributed by atoms with van der Waals surface area (Å²) in [4.78, 5) is 30.2. The Morgan fingerprint density at radius 1 is 1.33 bits per heavy atom. The number of hydrogen-bond acceptors (Lipinski definition) is 4. The van der Waals surface area contributed by atoms with E-state index in [4.69, 9.17) is 5.73 Å². The van der Waals surface area contributed by atoms with Crippen LogP contribution >= 0.6 is 0 Å². The van der Waals surface area contributed by atoms with E-state index in [0.717, 1.165) is 31.5 Å². The number of rotatable bonds is 4. The number of amides is 2. The summed E-state index contributed by atoms with van der Waals surface area (Å²) < 4.78 is 0. The number of hydrogen-bond donors (Lipinski definition) is 2. The normalized spacial score (nSPS) is 16.4. The smallest absolute Gasteiger partial charge is 0.270 e. The Labute approximate surface area is 124 Å². The SMILES string of the molecule is CC(NC(=O)c1ccc(CN)cn1)C(=O)N1CCCCC1. The molecular weight excluding hydrogens is 268 g/mol. The maximum Gasteiger partial charge on any atom is 0.270 e. The molecule has 0 spiro atoms. The van der Waals surface area contributed by atoms with Gasteiger partial charge in [-0.2, -0.15) is 0 Å². The number of likely N-dealkylation sites (tertiary alicyclic amines) is 1. The fraction of sp³-hybridized carbons (Fsp3) is 0.533. The van der Waals surface area contributed by atoms with Crippen molar-refractivity contribution in [1.82, 2.24) is 15.2 Å². The number of nitrogens with one attached hydrogen (secondary N) is 1. The van der Waals surface area contributed by atoms with Crippen molar-refractivity contribution in [2.45, 2.75) is 38.8 Å². The highest BCUT2D eigenvalue weighted by Crippen LogP contribution is 2.10. The molecule has 1 aliphatic heterocycles. The summed E-state index contributed by atoms with van der Waals surface area (Å²) in [5, 5.41) is 2.71. The summed E-state index contributed by atoms with van der Waals surface area (Å²) in [6, 6.07) is 2.85. The molecule has 1 aromatic rings. The van der Waals surface area contributed by atoms with Gasteiger partial charge in [-0.3, -0.25) is 14.6 Å². The lowest BCUT2D eigenvalue weighted by atomic mass is 10.1. The molecule has 0 radical (unpaired) electrons. The van der Waals surface area contributed by atoms with Gasteiger partial charge in [-0.25, -0.2) is 0 Å². The molecule has 2 rings (SSSR count). The first-order valence-electron chi connectivity index (χ1n) is 7.36. The van der Waals surface area contributed by atoms with Gasteiger partial charge in [0.25, 0.3) is 5.91 Å². The molecular formula is C15H22N4O2. The lowest BCUT2D eigenvalue weighted by molar-refractivity contribution is -0.133. The van der Waals surface area contributed by atoms with Gasteiger partial charge in [-0.1, -0.05) is 6.07 Å². The van der Waals surface area contributed by atoms with Crippen LogP contribution in [0.25, 0.3) is 0 Å². The first-order valence-corrected chi connectivity index (χ1v) is 7.36. The zero-order chi connectivity index (χ0) is 15.2. The van der Waals surface area contributed by atoms with E-state index in [-0.39, 0.29) is 11.8 Å². The minimum atomic E-state index is -0.536. The number of nitrogens with zero attached hydrogens (tertiary/aromatic N) is 2. The topological polar surface area (TPSA) is 88.3 Å². The van der Waals surface area contributed by atoms with E-state index in [1.807, 2.05) is 4.90 Å². The predicted octanol–water partition coefficient (Wildman–Crippen LogP) is 0.671. The summed E-state index contributed by atoms with van der Waals surface area (Å²) >= 11 is 0. The minimum absolute atomic E-state index is 0.0263. The molecule has 1 unspecified atom stereocenters. The van der Waals surface area contributed by atoms with E-state index in [1.54, 1.807) is 25.3 Å². The molecule has 0 saturated carbocycles. The molecule has 0 bridgehead atoms. The molecule has 2 heterocycles. The maximum atomic E-state index is 12.2. The Morgan fingerprint density at radius 3 is 2.62 bits per heavy atom. The van der Waals surface area contributed by atoms with Crippen molar-refractivity contribution in [2.24, 2.45) is 5.73 Å². The Kier molecular flexibility index (Phi) is 5.27. The van der Waals surface area contributed by atoms with Crippen molar-refractivity contribution >= 4 is 11.8 Å². The summed E-state index contributed by atoms with van der Waals surface area (Å²) in [5.74, 6) is -0.363. The summed E-state index contributed by atoms with van der Waals surface area (Å²) in [6.07, 6.45) is 4.82. The third kappa shape index (κ3) is 4.01. The van der Waals surface area contributed by atoms with Crippen LogP contribution in [0.4, 0.5) is 0 Å². The van der Waals surface area contributed by atoms with Crippen LogP contribution in [-0.2, 0) is 11.3 Å². The van der Waals surface area contributed by atoms with Crippen LogP contribution in [0.2, 0.25) is 0 Å². The molecule has 6 nitrogen and oxygen atoms in total. The first kappa shape index (κ1) is 15.4. The van der Waals surface area contributed by atoms with Crippen LogP contribution in [0.5, 0.6) is 0 Å². The van der Waals surface area contributed by atoms with E-state index in [1.165, 1.54) is 6.42 Å². The van der Waals surface area contributed by atoms with Gasteiger partial charge < -0.3 is 16.0 Å². The maximum absolute atomic E-state index is 12.2.